The lowest BCUT2D eigenvalue weighted by atomic mass is 10.2. The van der Waals surface area contributed by atoms with Crippen LogP contribution in [0.15, 0.2) is 29.2 Å². The van der Waals surface area contributed by atoms with Crippen molar-refractivity contribution in [3.05, 3.63) is 29.8 Å². The molecule has 3 rings (SSSR count). The van der Waals surface area contributed by atoms with Crippen molar-refractivity contribution in [1.29, 1.82) is 0 Å². The first-order valence-corrected chi connectivity index (χ1v) is 8.39. The van der Waals surface area contributed by atoms with Gasteiger partial charge in [-0.05, 0) is 37.1 Å². The normalized spacial score (nSPS) is 25.4. The number of rotatable bonds is 2. The van der Waals surface area contributed by atoms with Crippen LogP contribution in [0.1, 0.15) is 18.4 Å². The molecule has 112 valence electrons. The summed E-state index contributed by atoms with van der Waals surface area (Å²) in [7, 11) is -3.47. The molecule has 2 aliphatic rings. The van der Waals surface area contributed by atoms with Crippen LogP contribution in [0.5, 0.6) is 0 Å². The number of sulfonamides is 1. The van der Waals surface area contributed by atoms with Gasteiger partial charge in [-0.25, -0.2) is 8.42 Å². The molecule has 2 heterocycles. The average molecular weight is 307 g/mol. The van der Waals surface area contributed by atoms with Crippen molar-refractivity contribution in [2.45, 2.75) is 29.9 Å². The number of fused-ring (bicyclic) bond motifs is 2. The summed E-state index contributed by atoms with van der Waals surface area (Å²) in [5, 5.41) is 8.65. The zero-order chi connectivity index (χ0) is 14.9. The van der Waals surface area contributed by atoms with Crippen LogP contribution in [-0.2, 0) is 14.8 Å². The third-order valence-corrected chi connectivity index (χ3v) is 5.66. The second-order valence-corrected chi connectivity index (χ2v) is 7.20. The molecule has 0 aliphatic carbocycles. The molecule has 21 heavy (non-hydrogen) atoms. The van der Waals surface area contributed by atoms with Crippen LogP contribution >= 0.6 is 0 Å². The highest BCUT2D eigenvalue weighted by Gasteiger charge is 2.39. The fraction of sp³-hybridized carbons (Fsp3) is 0.467. The molecule has 2 aliphatic heterocycles. The molecule has 6 heteroatoms. The molecule has 0 radical (unpaired) electrons. The molecule has 0 aromatic heterocycles. The van der Waals surface area contributed by atoms with E-state index in [0.717, 1.165) is 12.8 Å². The van der Waals surface area contributed by atoms with Gasteiger partial charge in [0.15, 0.2) is 0 Å². The number of benzene rings is 1. The van der Waals surface area contributed by atoms with E-state index in [-0.39, 0.29) is 23.7 Å². The van der Waals surface area contributed by atoms with Gasteiger partial charge in [0.1, 0.15) is 6.61 Å². The van der Waals surface area contributed by atoms with Gasteiger partial charge in [0, 0.05) is 18.7 Å². The lowest BCUT2D eigenvalue weighted by Gasteiger charge is -2.31. The molecule has 2 unspecified atom stereocenters. The van der Waals surface area contributed by atoms with Crippen LogP contribution < -0.4 is 0 Å². The molecule has 0 saturated carbocycles. The molecular weight excluding hydrogens is 290 g/mol. The Hall–Kier alpha value is -1.39. The number of hydrogen-bond donors (Lipinski definition) is 1. The summed E-state index contributed by atoms with van der Waals surface area (Å²) in [5.74, 6) is 5.28. The van der Waals surface area contributed by atoms with Crippen molar-refractivity contribution in [2.24, 2.45) is 0 Å². The number of nitrogens with zero attached hydrogens (tertiary/aromatic N) is 1. The first-order chi connectivity index (χ1) is 10.1. The summed E-state index contributed by atoms with van der Waals surface area (Å²) >= 11 is 0. The van der Waals surface area contributed by atoms with E-state index in [0.29, 0.717) is 18.7 Å². The van der Waals surface area contributed by atoms with E-state index in [1.807, 2.05) is 0 Å². The summed E-state index contributed by atoms with van der Waals surface area (Å²) in [5.41, 5.74) is 0.685. The van der Waals surface area contributed by atoms with Gasteiger partial charge in [-0.3, -0.25) is 0 Å². The van der Waals surface area contributed by atoms with Gasteiger partial charge in [-0.1, -0.05) is 11.8 Å². The standard InChI is InChI=1S/C15H17NO4S/c17-9-1-2-12-3-7-15(8-4-12)21(18,19)16-10-13-5-6-14(11-16)20-13/h3-4,7-8,13-14,17H,5-6,9-11H2. The first-order valence-electron chi connectivity index (χ1n) is 6.95. The Balaban J connectivity index is 1.81. The monoisotopic (exact) mass is 307 g/mol. The Morgan fingerprint density at radius 3 is 2.38 bits per heavy atom. The quantitative estimate of drug-likeness (QED) is 0.812. The molecular formula is C15H17NO4S. The third kappa shape index (κ3) is 2.97. The molecule has 5 nitrogen and oxygen atoms in total. The topological polar surface area (TPSA) is 66.8 Å². The van der Waals surface area contributed by atoms with Crippen molar-refractivity contribution in [3.63, 3.8) is 0 Å². The highest BCUT2D eigenvalue weighted by atomic mass is 32.2. The van der Waals surface area contributed by atoms with Crippen LogP contribution in [-0.4, -0.2) is 49.7 Å². The van der Waals surface area contributed by atoms with E-state index in [1.54, 1.807) is 24.3 Å². The minimum absolute atomic E-state index is 0.0354. The Morgan fingerprint density at radius 2 is 1.81 bits per heavy atom. The van der Waals surface area contributed by atoms with Crippen molar-refractivity contribution in [3.8, 4) is 11.8 Å². The summed E-state index contributed by atoms with van der Waals surface area (Å²) in [4.78, 5) is 0.276. The SMILES string of the molecule is O=S(=O)(c1ccc(C#CCO)cc1)N1CC2CCC(C1)O2. The Bertz CT molecular complexity index is 660. The lowest BCUT2D eigenvalue weighted by molar-refractivity contribution is -0.0114. The van der Waals surface area contributed by atoms with Gasteiger partial charge in [-0.2, -0.15) is 4.31 Å². The molecule has 0 amide bonds. The summed E-state index contributed by atoms with van der Waals surface area (Å²) in [6.07, 6.45) is 1.94. The largest absolute Gasteiger partial charge is 0.384 e. The number of ether oxygens (including phenoxy) is 1. The fourth-order valence-corrected chi connectivity index (χ4v) is 4.28. The Labute approximate surface area is 124 Å². The van der Waals surface area contributed by atoms with Gasteiger partial charge < -0.3 is 9.84 Å². The van der Waals surface area contributed by atoms with Crippen LogP contribution in [0.4, 0.5) is 0 Å². The third-order valence-electron chi connectivity index (χ3n) is 3.81. The van der Waals surface area contributed by atoms with E-state index >= 15 is 0 Å². The maximum Gasteiger partial charge on any atom is 0.243 e. The van der Waals surface area contributed by atoms with Crippen LogP contribution in [0.3, 0.4) is 0 Å². The Kier molecular flexibility index (Phi) is 4.00. The van der Waals surface area contributed by atoms with E-state index < -0.39 is 10.0 Å². The minimum atomic E-state index is -3.47. The summed E-state index contributed by atoms with van der Waals surface area (Å²) < 4.78 is 32.4. The predicted octanol–water partition coefficient (Wildman–Crippen LogP) is 0.582. The summed E-state index contributed by atoms with van der Waals surface area (Å²) in [6, 6.07) is 6.44. The summed E-state index contributed by atoms with van der Waals surface area (Å²) in [6.45, 7) is 0.659. The number of morpholine rings is 1. The number of aliphatic hydroxyl groups excluding tert-OH is 1. The fourth-order valence-electron chi connectivity index (χ4n) is 2.77. The van der Waals surface area contributed by atoms with Crippen LogP contribution in [0.25, 0.3) is 0 Å². The van der Waals surface area contributed by atoms with Gasteiger partial charge >= 0.3 is 0 Å². The molecule has 0 spiro atoms. The predicted molar refractivity (Wildman–Crippen MR) is 77.1 cm³/mol. The minimum Gasteiger partial charge on any atom is -0.384 e. The van der Waals surface area contributed by atoms with Crippen LogP contribution in [0, 0.1) is 11.8 Å². The van der Waals surface area contributed by atoms with E-state index in [2.05, 4.69) is 11.8 Å². The highest BCUT2D eigenvalue weighted by Crippen LogP contribution is 2.29. The van der Waals surface area contributed by atoms with E-state index in [4.69, 9.17) is 9.84 Å². The van der Waals surface area contributed by atoms with E-state index in [9.17, 15) is 8.42 Å². The zero-order valence-electron chi connectivity index (χ0n) is 11.5. The molecule has 1 aromatic rings. The zero-order valence-corrected chi connectivity index (χ0v) is 12.3. The molecule has 2 bridgehead atoms. The number of aliphatic hydroxyl groups is 1. The van der Waals surface area contributed by atoms with E-state index in [1.165, 1.54) is 4.31 Å². The van der Waals surface area contributed by atoms with Crippen molar-refractivity contribution in [2.75, 3.05) is 19.7 Å². The second-order valence-electron chi connectivity index (χ2n) is 5.26. The first kappa shape index (κ1) is 14.5. The molecule has 2 saturated heterocycles. The lowest BCUT2D eigenvalue weighted by Crippen LogP contribution is -2.45. The molecule has 2 fully saturated rings. The highest BCUT2D eigenvalue weighted by molar-refractivity contribution is 7.89. The van der Waals surface area contributed by atoms with Crippen molar-refractivity contribution < 1.29 is 18.3 Å². The average Bonchev–Trinajstić information content (AvgIpc) is 2.83. The Morgan fingerprint density at radius 1 is 1.19 bits per heavy atom. The van der Waals surface area contributed by atoms with Gasteiger partial charge in [-0.15, -0.1) is 0 Å². The maximum atomic E-state index is 12.6. The van der Waals surface area contributed by atoms with Crippen molar-refractivity contribution in [1.82, 2.24) is 4.31 Å². The smallest absolute Gasteiger partial charge is 0.243 e. The van der Waals surface area contributed by atoms with Gasteiger partial charge in [0.05, 0.1) is 17.1 Å². The molecule has 1 aromatic carbocycles. The molecule has 2 atom stereocenters. The molecule has 1 N–H and O–H groups in total. The number of hydrogen-bond acceptors (Lipinski definition) is 4. The maximum absolute atomic E-state index is 12.6. The second kappa shape index (κ2) is 5.78. The van der Waals surface area contributed by atoms with Gasteiger partial charge in [0.2, 0.25) is 10.0 Å². The van der Waals surface area contributed by atoms with Crippen LogP contribution in [0.2, 0.25) is 0 Å². The van der Waals surface area contributed by atoms with Crippen molar-refractivity contribution >= 4 is 10.0 Å². The van der Waals surface area contributed by atoms with Gasteiger partial charge in [0.25, 0.3) is 0 Å².